The second-order valence-electron chi connectivity index (χ2n) is 6.20. The lowest BCUT2D eigenvalue weighted by atomic mass is 10.1. The van der Waals surface area contributed by atoms with E-state index >= 15 is 0 Å². The summed E-state index contributed by atoms with van der Waals surface area (Å²) in [6.45, 7) is 2.62. The van der Waals surface area contributed by atoms with E-state index in [-0.39, 0.29) is 0 Å². The molecule has 5 heteroatoms. The van der Waals surface area contributed by atoms with Gasteiger partial charge in [-0.2, -0.15) is 5.26 Å². The van der Waals surface area contributed by atoms with E-state index < -0.39 is 0 Å². The summed E-state index contributed by atoms with van der Waals surface area (Å²) < 4.78 is 7.72. The summed E-state index contributed by atoms with van der Waals surface area (Å²) in [5.74, 6) is 1.54. The van der Waals surface area contributed by atoms with Crippen molar-refractivity contribution in [1.82, 2.24) is 9.55 Å². The van der Waals surface area contributed by atoms with Crippen molar-refractivity contribution in [3.8, 4) is 17.5 Å². The van der Waals surface area contributed by atoms with Crippen molar-refractivity contribution in [2.45, 2.75) is 17.8 Å². The molecule has 0 amide bonds. The maximum atomic E-state index is 9.34. The van der Waals surface area contributed by atoms with Crippen molar-refractivity contribution in [3.05, 3.63) is 83.9 Å². The van der Waals surface area contributed by atoms with Gasteiger partial charge in [0.2, 0.25) is 0 Å². The van der Waals surface area contributed by atoms with Crippen LogP contribution in [0.25, 0.3) is 16.7 Å². The molecule has 0 atom stereocenters. The number of nitriles is 1. The minimum Gasteiger partial charge on any atom is -0.494 e. The molecule has 0 N–H and O–H groups in total. The van der Waals surface area contributed by atoms with Crippen LogP contribution in [0.4, 0.5) is 0 Å². The molecule has 0 radical (unpaired) electrons. The zero-order valence-corrected chi connectivity index (χ0v) is 16.3. The lowest BCUT2D eigenvalue weighted by molar-refractivity contribution is 0.340. The van der Waals surface area contributed by atoms with Gasteiger partial charge in [-0.25, -0.2) is 4.98 Å². The summed E-state index contributed by atoms with van der Waals surface area (Å²) in [5, 5.41) is 10.2. The Morgan fingerprint density at radius 1 is 1.00 bits per heavy atom. The summed E-state index contributed by atoms with van der Waals surface area (Å²) in [7, 11) is 0. The molecule has 0 fully saturated rings. The monoisotopic (exact) mass is 385 g/mol. The molecule has 0 saturated heterocycles. The van der Waals surface area contributed by atoms with Gasteiger partial charge in [0.05, 0.1) is 29.3 Å². The number of hydrogen-bond donors (Lipinski definition) is 0. The number of thioether (sulfide) groups is 1. The Morgan fingerprint density at radius 3 is 2.54 bits per heavy atom. The SMILES string of the molecule is CCOc1ccc(-n2c(SCc3ccccc3C#N)nc3ccccc32)cc1. The number of benzene rings is 3. The Kier molecular flexibility index (Phi) is 5.31. The Balaban J connectivity index is 1.72. The molecule has 0 aliphatic rings. The molecule has 138 valence electrons. The summed E-state index contributed by atoms with van der Waals surface area (Å²) in [4.78, 5) is 4.83. The van der Waals surface area contributed by atoms with Crippen LogP contribution >= 0.6 is 11.8 Å². The molecule has 3 aromatic carbocycles. The van der Waals surface area contributed by atoms with Crippen LogP contribution in [0, 0.1) is 11.3 Å². The lowest BCUT2D eigenvalue weighted by Gasteiger charge is -2.11. The fourth-order valence-corrected chi connectivity index (χ4v) is 4.14. The quantitative estimate of drug-likeness (QED) is 0.406. The normalized spacial score (nSPS) is 10.7. The van der Waals surface area contributed by atoms with Gasteiger partial charge in [0.25, 0.3) is 0 Å². The largest absolute Gasteiger partial charge is 0.494 e. The Morgan fingerprint density at radius 2 is 1.75 bits per heavy atom. The molecule has 0 saturated carbocycles. The van der Waals surface area contributed by atoms with Crippen LogP contribution < -0.4 is 4.74 Å². The molecule has 28 heavy (non-hydrogen) atoms. The van der Waals surface area contributed by atoms with Gasteiger partial charge in [-0.1, -0.05) is 42.1 Å². The summed E-state index contributed by atoms with van der Waals surface area (Å²) in [6.07, 6.45) is 0. The molecule has 4 aromatic rings. The van der Waals surface area contributed by atoms with Crippen LogP contribution in [0.3, 0.4) is 0 Å². The number of fused-ring (bicyclic) bond motifs is 1. The van der Waals surface area contributed by atoms with Crippen molar-refractivity contribution >= 4 is 22.8 Å². The topological polar surface area (TPSA) is 50.8 Å². The van der Waals surface area contributed by atoms with E-state index in [1.807, 2.05) is 73.7 Å². The highest BCUT2D eigenvalue weighted by Gasteiger charge is 2.14. The Hall–Kier alpha value is -3.23. The lowest BCUT2D eigenvalue weighted by Crippen LogP contribution is -1.98. The van der Waals surface area contributed by atoms with E-state index in [4.69, 9.17) is 9.72 Å². The highest BCUT2D eigenvalue weighted by molar-refractivity contribution is 7.98. The average molecular weight is 385 g/mol. The van der Waals surface area contributed by atoms with Crippen LogP contribution in [-0.4, -0.2) is 16.2 Å². The van der Waals surface area contributed by atoms with Crippen LogP contribution in [0.5, 0.6) is 5.75 Å². The van der Waals surface area contributed by atoms with Gasteiger partial charge in [0, 0.05) is 11.4 Å². The molecule has 1 heterocycles. The molecule has 0 spiro atoms. The van der Waals surface area contributed by atoms with Crippen LogP contribution in [-0.2, 0) is 5.75 Å². The van der Waals surface area contributed by atoms with Crippen molar-refractivity contribution in [3.63, 3.8) is 0 Å². The zero-order chi connectivity index (χ0) is 19.3. The van der Waals surface area contributed by atoms with E-state index in [0.29, 0.717) is 17.9 Å². The second-order valence-corrected chi connectivity index (χ2v) is 7.15. The van der Waals surface area contributed by atoms with E-state index in [0.717, 1.165) is 33.2 Å². The highest BCUT2D eigenvalue weighted by Crippen LogP contribution is 2.31. The van der Waals surface area contributed by atoms with Gasteiger partial charge < -0.3 is 4.74 Å². The summed E-state index contributed by atoms with van der Waals surface area (Å²) >= 11 is 1.63. The molecular weight excluding hydrogens is 366 g/mol. The summed E-state index contributed by atoms with van der Waals surface area (Å²) in [6, 6.07) is 26.1. The smallest absolute Gasteiger partial charge is 0.174 e. The fraction of sp³-hybridized carbons (Fsp3) is 0.130. The van der Waals surface area contributed by atoms with E-state index in [1.165, 1.54) is 0 Å². The third kappa shape index (κ3) is 3.60. The number of imidazole rings is 1. The maximum Gasteiger partial charge on any atom is 0.174 e. The predicted octanol–water partition coefficient (Wildman–Crippen LogP) is 5.59. The van der Waals surface area contributed by atoms with Gasteiger partial charge in [-0.15, -0.1) is 0 Å². The predicted molar refractivity (Wildman–Crippen MR) is 113 cm³/mol. The highest BCUT2D eigenvalue weighted by atomic mass is 32.2. The first-order valence-electron chi connectivity index (χ1n) is 9.11. The van der Waals surface area contributed by atoms with Crippen molar-refractivity contribution < 1.29 is 4.74 Å². The van der Waals surface area contributed by atoms with Gasteiger partial charge in [-0.05, 0) is 55.0 Å². The van der Waals surface area contributed by atoms with Gasteiger partial charge >= 0.3 is 0 Å². The molecule has 4 nitrogen and oxygen atoms in total. The van der Waals surface area contributed by atoms with Crippen molar-refractivity contribution in [1.29, 1.82) is 5.26 Å². The molecule has 4 rings (SSSR count). The molecular formula is C23H19N3OS. The van der Waals surface area contributed by atoms with Crippen LogP contribution in [0.2, 0.25) is 0 Å². The first-order chi connectivity index (χ1) is 13.8. The van der Waals surface area contributed by atoms with Gasteiger partial charge in [-0.3, -0.25) is 4.57 Å². The van der Waals surface area contributed by atoms with E-state index in [9.17, 15) is 5.26 Å². The molecule has 0 unspecified atom stereocenters. The van der Waals surface area contributed by atoms with Crippen molar-refractivity contribution in [2.75, 3.05) is 6.61 Å². The second kappa shape index (κ2) is 8.20. The third-order valence-electron chi connectivity index (χ3n) is 4.43. The van der Waals surface area contributed by atoms with Gasteiger partial charge in [0.15, 0.2) is 5.16 Å². The molecule has 1 aromatic heterocycles. The average Bonchev–Trinajstić information content (AvgIpc) is 3.11. The van der Waals surface area contributed by atoms with Gasteiger partial charge in [0.1, 0.15) is 5.75 Å². The molecule has 0 aliphatic heterocycles. The summed E-state index contributed by atoms with van der Waals surface area (Å²) in [5.41, 5.74) is 4.77. The first-order valence-corrected chi connectivity index (χ1v) is 10.1. The Bertz CT molecular complexity index is 1140. The maximum absolute atomic E-state index is 9.34. The minimum absolute atomic E-state index is 0.646. The number of rotatable bonds is 6. The molecule has 0 aliphatic carbocycles. The number of para-hydroxylation sites is 2. The number of ether oxygens (including phenoxy) is 1. The Labute approximate surface area is 168 Å². The number of aromatic nitrogens is 2. The third-order valence-corrected chi connectivity index (χ3v) is 5.42. The minimum atomic E-state index is 0.646. The van der Waals surface area contributed by atoms with E-state index in [1.54, 1.807) is 11.8 Å². The molecule has 0 bridgehead atoms. The fourth-order valence-electron chi connectivity index (χ4n) is 3.11. The van der Waals surface area contributed by atoms with E-state index in [2.05, 4.69) is 16.7 Å². The first kappa shape index (κ1) is 18.1. The van der Waals surface area contributed by atoms with Crippen LogP contribution in [0.1, 0.15) is 18.1 Å². The standard InChI is InChI=1S/C23H19N3OS/c1-2-27-20-13-11-19(12-14-20)26-22-10-6-5-9-21(22)25-23(26)28-16-18-8-4-3-7-17(18)15-24/h3-14H,2,16H2,1H3. The number of hydrogen-bond acceptors (Lipinski definition) is 4. The van der Waals surface area contributed by atoms with Crippen LogP contribution in [0.15, 0.2) is 78.0 Å². The zero-order valence-electron chi connectivity index (χ0n) is 15.5. The number of nitrogens with zero attached hydrogens (tertiary/aromatic N) is 3. The van der Waals surface area contributed by atoms with Crippen molar-refractivity contribution in [2.24, 2.45) is 0 Å².